The Morgan fingerprint density at radius 1 is 0.946 bits per heavy atom. The second kappa shape index (κ2) is 11.5. The number of benzene rings is 2. The number of ether oxygens (including phenoxy) is 1. The molecule has 1 atom stereocenters. The normalized spacial score (nSPS) is 19.6. The molecule has 2 aromatic rings. The summed E-state index contributed by atoms with van der Waals surface area (Å²) in [7, 11) is -5.81. The molecule has 1 N–H and O–H groups in total. The van der Waals surface area contributed by atoms with Crippen molar-refractivity contribution in [2.75, 3.05) is 39.8 Å². The molecule has 2 heterocycles. The predicted octanol–water partition coefficient (Wildman–Crippen LogP) is 2.55. The third kappa shape index (κ3) is 6.17. The van der Waals surface area contributed by atoms with E-state index in [0.717, 1.165) is 24.0 Å². The van der Waals surface area contributed by atoms with Gasteiger partial charge in [0, 0.05) is 32.7 Å². The average molecular weight is 550 g/mol. The molecule has 202 valence electrons. The summed E-state index contributed by atoms with van der Waals surface area (Å²) in [6.45, 7) is 3.81. The van der Waals surface area contributed by atoms with Crippen LogP contribution in [0.4, 0.5) is 0 Å². The fourth-order valence-electron chi connectivity index (χ4n) is 4.88. The van der Waals surface area contributed by atoms with E-state index in [1.807, 2.05) is 6.92 Å². The van der Waals surface area contributed by atoms with Crippen LogP contribution in [0.2, 0.25) is 0 Å². The van der Waals surface area contributed by atoms with E-state index in [-0.39, 0.29) is 28.0 Å². The van der Waals surface area contributed by atoms with E-state index >= 15 is 0 Å². The number of aryl methyl sites for hydroxylation is 1. The van der Waals surface area contributed by atoms with Crippen LogP contribution in [0.1, 0.15) is 36.8 Å². The van der Waals surface area contributed by atoms with Gasteiger partial charge >= 0.3 is 0 Å². The fourth-order valence-corrected chi connectivity index (χ4v) is 8.16. The Hall–Kier alpha value is -2.47. The van der Waals surface area contributed by atoms with E-state index in [0.29, 0.717) is 45.4 Å². The summed E-state index contributed by atoms with van der Waals surface area (Å²) < 4.78 is 60.2. The Morgan fingerprint density at radius 3 is 2.30 bits per heavy atom. The van der Waals surface area contributed by atoms with Crippen LogP contribution in [0.5, 0.6) is 5.75 Å². The number of methoxy groups -OCH3 is 1. The van der Waals surface area contributed by atoms with Gasteiger partial charge in [-0.1, -0.05) is 18.2 Å². The SMILES string of the molecule is COc1ccc(C)cc1S(=O)(=O)N1CCC[C@@H](C(=O)NCCc2ccc(S(=O)(=O)N3CCCC3)cc2)C1. The van der Waals surface area contributed by atoms with Gasteiger partial charge in [0.2, 0.25) is 26.0 Å². The van der Waals surface area contributed by atoms with Gasteiger partial charge < -0.3 is 10.1 Å². The molecule has 0 unspecified atom stereocenters. The molecule has 2 aromatic carbocycles. The number of nitrogens with one attached hydrogen (secondary N) is 1. The topological polar surface area (TPSA) is 113 Å². The first-order valence-electron chi connectivity index (χ1n) is 12.6. The van der Waals surface area contributed by atoms with E-state index in [9.17, 15) is 21.6 Å². The van der Waals surface area contributed by atoms with Gasteiger partial charge in [-0.05, 0) is 74.4 Å². The molecule has 2 aliphatic heterocycles. The molecule has 37 heavy (non-hydrogen) atoms. The summed E-state index contributed by atoms with van der Waals surface area (Å²) in [6, 6.07) is 11.8. The molecule has 4 rings (SSSR count). The van der Waals surface area contributed by atoms with Gasteiger partial charge in [-0.2, -0.15) is 8.61 Å². The lowest BCUT2D eigenvalue weighted by molar-refractivity contribution is -0.126. The average Bonchev–Trinajstić information content (AvgIpc) is 3.45. The van der Waals surface area contributed by atoms with Gasteiger partial charge in [-0.15, -0.1) is 0 Å². The summed E-state index contributed by atoms with van der Waals surface area (Å²) in [6.07, 6.45) is 3.54. The molecule has 9 nitrogen and oxygen atoms in total. The van der Waals surface area contributed by atoms with Crippen LogP contribution in [-0.4, -0.2) is 71.2 Å². The highest BCUT2D eigenvalue weighted by Gasteiger charge is 2.35. The van der Waals surface area contributed by atoms with Crippen LogP contribution < -0.4 is 10.1 Å². The number of carbonyl (C=O) groups is 1. The van der Waals surface area contributed by atoms with Gasteiger partial charge in [-0.3, -0.25) is 4.79 Å². The highest BCUT2D eigenvalue weighted by atomic mass is 32.2. The maximum Gasteiger partial charge on any atom is 0.246 e. The molecule has 0 aliphatic carbocycles. The number of carbonyl (C=O) groups excluding carboxylic acids is 1. The second-order valence-corrected chi connectivity index (χ2v) is 13.5. The number of hydrogen-bond acceptors (Lipinski definition) is 6. The highest BCUT2D eigenvalue weighted by molar-refractivity contribution is 7.89. The lowest BCUT2D eigenvalue weighted by atomic mass is 9.99. The predicted molar refractivity (Wildman–Crippen MR) is 140 cm³/mol. The number of hydrogen-bond donors (Lipinski definition) is 1. The molecule has 0 bridgehead atoms. The molecule has 1 amide bonds. The molecule has 2 saturated heterocycles. The third-order valence-corrected chi connectivity index (χ3v) is 10.8. The minimum Gasteiger partial charge on any atom is -0.495 e. The summed E-state index contributed by atoms with van der Waals surface area (Å²) in [5.74, 6) is -0.326. The largest absolute Gasteiger partial charge is 0.495 e. The first kappa shape index (κ1) is 27.6. The van der Waals surface area contributed by atoms with Crippen LogP contribution in [0.15, 0.2) is 52.3 Å². The zero-order valence-electron chi connectivity index (χ0n) is 21.4. The molecular formula is C26H35N3O6S2. The van der Waals surface area contributed by atoms with Crippen LogP contribution in [-0.2, 0) is 31.3 Å². The van der Waals surface area contributed by atoms with Crippen molar-refractivity contribution in [3.05, 3.63) is 53.6 Å². The summed E-state index contributed by atoms with van der Waals surface area (Å²) >= 11 is 0. The number of sulfonamides is 2. The molecule has 0 radical (unpaired) electrons. The van der Waals surface area contributed by atoms with Gasteiger partial charge in [0.1, 0.15) is 10.6 Å². The van der Waals surface area contributed by atoms with Crippen molar-refractivity contribution in [1.82, 2.24) is 13.9 Å². The minimum atomic E-state index is -3.80. The van der Waals surface area contributed by atoms with Crippen molar-refractivity contribution in [2.45, 2.75) is 48.8 Å². The molecular weight excluding hydrogens is 514 g/mol. The third-order valence-electron chi connectivity index (χ3n) is 7.03. The Labute approximate surface area is 219 Å². The number of rotatable bonds is 9. The number of piperidine rings is 1. The molecule has 0 spiro atoms. The first-order valence-corrected chi connectivity index (χ1v) is 15.5. The van der Waals surface area contributed by atoms with Crippen molar-refractivity contribution >= 4 is 26.0 Å². The maximum absolute atomic E-state index is 13.3. The Bertz CT molecular complexity index is 1320. The Morgan fingerprint density at radius 2 is 1.62 bits per heavy atom. The van der Waals surface area contributed by atoms with Gasteiger partial charge in [-0.25, -0.2) is 16.8 Å². The standard InChI is InChI=1S/C26H35N3O6S2/c1-20-7-12-24(35-2)25(18-20)37(33,34)29-17-5-6-22(19-29)26(30)27-14-13-21-8-10-23(11-9-21)36(31,32)28-15-3-4-16-28/h7-12,18,22H,3-6,13-17,19H2,1-2H3,(H,27,30)/t22-/m1/s1. The highest BCUT2D eigenvalue weighted by Crippen LogP contribution is 2.30. The zero-order chi connectivity index (χ0) is 26.6. The number of amides is 1. The molecule has 11 heteroatoms. The molecule has 2 aliphatic rings. The quantitative estimate of drug-likeness (QED) is 0.514. The van der Waals surface area contributed by atoms with Gasteiger partial charge in [0.15, 0.2) is 0 Å². The smallest absolute Gasteiger partial charge is 0.246 e. The van der Waals surface area contributed by atoms with E-state index in [1.165, 1.54) is 15.7 Å². The monoisotopic (exact) mass is 549 g/mol. The fraction of sp³-hybridized carbons (Fsp3) is 0.500. The van der Waals surface area contributed by atoms with Crippen molar-refractivity contribution in [3.63, 3.8) is 0 Å². The van der Waals surface area contributed by atoms with E-state index in [4.69, 9.17) is 4.74 Å². The van der Waals surface area contributed by atoms with Crippen LogP contribution in [0.3, 0.4) is 0 Å². The van der Waals surface area contributed by atoms with Gasteiger partial charge in [0.25, 0.3) is 0 Å². The van der Waals surface area contributed by atoms with Gasteiger partial charge in [0.05, 0.1) is 17.9 Å². The van der Waals surface area contributed by atoms with Crippen molar-refractivity contribution < 1.29 is 26.4 Å². The number of nitrogens with zero attached hydrogens (tertiary/aromatic N) is 2. The van der Waals surface area contributed by atoms with Crippen LogP contribution in [0, 0.1) is 12.8 Å². The minimum absolute atomic E-state index is 0.117. The van der Waals surface area contributed by atoms with Crippen molar-refractivity contribution in [3.8, 4) is 5.75 Å². The van der Waals surface area contributed by atoms with Crippen LogP contribution in [0.25, 0.3) is 0 Å². The Balaban J connectivity index is 1.33. The van der Waals surface area contributed by atoms with Crippen molar-refractivity contribution in [1.29, 1.82) is 0 Å². The van der Waals surface area contributed by atoms with Crippen molar-refractivity contribution in [2.24, 2.45) is 5.92 Å². The van der Waals surface area contributed by atoms with E-state index in [2.05, 4.69) is 5.32 Å². The zero-order valence-corrected chi connectivity index (χ0v) is 23.0. The summed E-state index contributed by atoms with van der Waals surface area (Å²) in [5, 5.41) is 2.92. The lowest BCUT2D eigenvalue weighted by Gasteiger charge is -2.31. The first-order chi connectivity index (χ1) is 17.6. The maximum atomic E-state index is 13.3. The lowest BCUT2D eigenvalue weighted by Crippen LogP contribution is -2.45. The molecule has 2 fully saturated rings. The summed E-state index contributed by atoms with van der Waals surface area (Å²) in [5.41, 5.74) is 1.73. The molecule has 0 saturated carbocycles. The van der Waals surface area contributed by atoms with E-state index in [1.54, 1.807) is 42.5 Å². The Kier molecular flexibility index (Phi) is 8.57. The second-order valence-electron chi connectivity index (χ2n) is 9.65. The molecule has 0 aromatic heterocycles. The van der Waals surface area contributed by atoms with E-state index < -0.39 is 26.0 Å². The van der Waals surface area contributed by atoms with Crippen LogP contribution >= 0.6 is 0 Å². The summed E-state index contributed by atoms with van der Waals surface area (Å²) in [4.78, 5) is 13.3.